The normalized spacial score (nSPS) is 15.4. The molecule has 1 saturated heterocycles. The lowest BCUT2D eigenvalue weighted by Crippen LogP contribution is -2.52. The van der Waals surface area contributed by atoms with E-state index in [9.17, 15) is 9.59 Å². The molecular weight excluding hydrogens is 380 g/mol. The van der Waals surface area contributed by atoms with E-state index in [1.165, 1.54) is 11.1 Å². The predicted octanol–water partition coefficient (Wildman–Crippen LogP) is 4.42. The summed E-state index contributed by atoms with van der Waals surface area (Å²) in [6.07, 6.45) is 0. The van der Waals surface area contributed by atoms with E-state index in [4.69, 9.17) is 0 Å². The van der Waals surface area contributed by atoms with Gasteiger partial charge in [-0.1, -0.05) is 56.3 Å². The average Bonchev–Trinajstić information content (AvgIpc) is 2.77. The van der Waals surface area contributed by atoms with Gasteiger partial charge in [-0.05, 0) is 36.1 Å². The summed E-state index contributed by atoms with van der Waals surface area (Å²) < 4.78 is 0. The fourth-order valence-corrected chi connectivity index (χ4v) is 4.37. The van der Waals surface area contributed by atoms with Gasteiger partial charge in [0.1, 0.15) is 0 Å². The summed E-state index contributed by atoms with van der Waals surface area (Å²) in [5.41, 5.74) is 3.19. The van der Waals surface area contributed by atoms with Crippen LogP contribution < -0.4 is 0 Å². The van der Waals surface area contributed by atoms with Crippen molar-refractivity contribution in [3.05, 3.63) is 71.3 Å². The van der Waals surface area contributed by atoms with Crippen LogP contribution in [0.2, 0.25) is 0 Å². The van der Waals surface area contributed by atoms with Crippen molar-refractivity contribution in [2.75, 3.05) is 26.2 Å². The fourth-order valence-electron chi connectivity index (χ4n) is 3.45. The topological polar surface area (TPSA) is 40.6 Å². The Hall–Kier alpha value is -2.27. The van der Waals surface area contributed by atoms with Crippen LogP contribution >= 0.6 is 11.8 Å². The number of rotatable bonds is 6. The summed E-state index contributed by atoms with van der Waals surface area (Å²) in [6, 6.07) is 18.1. The van der Waals surface area contributed by atoms with Crippen LogP contribution in [0.1, 0.15) is 48.2 Å². The lowest BCUT2D eigenvalue weighted by molar-refractivity contribution is -0.131. The molecule has 0 saturated carbocycles. The number of hydrogen-bond acceptors (Lipinski definition) is 3. The Kier molecular flexibility index (Phi) is 7.37. The molecule has 4 nitrogen and oxygen atoms in total. The summed E-state index contributed by atoms with van der Waals surface area (Å²) >= 11 is 1.67. The molecule has 0 spiro atoms. The molecule has 1 atom stereocenters. The first-order chi connectivity index (χ1) is 14.0. The number of piperazine rings is 1. The summed E-state index contributed by atoms with van der Waals surface area (Å²) in [6.45, 7) is 8.65. The van der Waals surface area contributed by atoms with E-state index < -0.39 is 0 Å². The first-order valence-electron chi connectivity index (χ1n) is 10.3. The van der Waals surface area contributed by atoms with Gasteiger partial charge in [-0.15, -0.1) is 11.8 Å². The van der Waals surface area contributed by atoms with E-state index in [0.717, 1.165) is 11.3 Å². The summed E-state index contributed by atoms with van der Waals surface area (Å²) in [4.78, 5) is 29.3. The zero-order valence-electron chi connectivity index (χ0n) is 17.5. The Bertz CT molecular complexity index is 813. The second-order valence-electron chi connectivity index (χ2n) is 7.83. The minimum absolute atomic E-state index is 0.0545. The van der Waals surface area contributed by atoms with Crippen LogP contribution in [0, 0.1) is 0 Å². The van der Waals surface area contributed by atoms with Crippen LogP contribution in [0.25, 0.3) is 0 Å². The summed E-state index contributed by atoms with van der Waals surface area (Å²) in [7, 11) is 0. The molecule has 0 aliphatic carbocycles. The van der Waals surface area contributed by atoms with Gasteiger partial charge in [-0.3, -0.25) is 9.59 Å². The third-order valence-electron chi connectivity index (χ3n) is 5.39. The largest absolute Gasteiger partial charge is 0.338 e. The lowest BCUT2D eigenvalue weighted by atomic mass is 10.0. The molecule has 1 unspecified atom stereocenters. The van der Waals surface area contributed by atoms with E-state index in [-0.39, 0.29) is 17.1 Å². The van der Waals surface area contributed by atoms with Crippen molar-refractivity contribution in [2.24, 2.45) is 0 Å². The van der Waals surface area contributed by atoms with Gasteiger partial charge in [-0.2, -0.15) is 0 Å². The second-order valence-corrected chi connectivity index (χ2v) is 9.16. The highest BCUT2D eigenvalue weighted by atomic mass is 32.2. The van der Waals surface area contributed by atoms with Crippen LogP contribution in [0.4, 0.5) is 0 Å². The van der Waals surface area contributed by atoms with Gasteiger partial charge in [0, 0.05) is 37.5 Å². The lowest BCUT2D eigenvalue weighted by Gasteiger charge is -2.36. The van der Waals surface area contributed by atoms with Crippen LogP contribution in [0.3, 0.4) is 0 Å². The van der Waals surface area contributed by atoms with Gasteiger partial charge < -0.3 is 9.80 Å². The molecule has 1 aliphatic heterocycles. The van der Waals surface area contributed by atoms with Crippen LogP contribution in [-0.4, -0.2) is 53.0 Å². The molecule has 2 amide bonds. The van der Waals surface area contributed by atoms with Crippen LogP contribution in [0.15, 0.2) is 54.6 Å². The Balaban J connectivity index is 1.48. The van der Waals surface area contributed by atoms with Gasteiger partial charge in [0.05, 0.1) is 5.25 Å². The minimum atomic E-state index is -0.0824. The zero-order valence-corrected chi connectivity index (χ0v) is 18.3. The Morgan fingerprint density at radius 1 is 0.862 bits per heavy atom. The molecule has 1 aliphatic rings. The molecule has 2 aromatic carbocycles. The van der Waals surface area contributed by atoms with Gasteiger partial charge >= 0.3 is 0 Å². The molecule has 1 fully saturated rings. The quantitative estimate of drug-likeness (QED) is 0.708. The van der Waals surface area contributed by atoms with E-state index in [1.807, 2.05) is 59.2 Å². The third-order valence-corrected chi connectivity index (χ3v) is 6.60. The third kappa shape index (κ3) is 5.63. The van der Waals surface area contributed by atoms with Crippen molar-refractivity contribution in [2.45, 2.75) is 37.7 Å². The first-order valence-corrected chi connectivity index (χ1v) is 11.3. The Morgan fingerprint density at radius 3 is 2.03 bits per heavy atom. The average molecular weight is 411 g/mol. The highest BCUT2D eigenvalue weighted by Crippen LogP contribution is 2.21. The monoisotopic (exact) mass is 410 g/mol. The SMILES string of the molecule is CC(SCc1ccccc1)C(=O)N1CCN(C(=O)c2ccc(C(C)C)cc2)CC1. The zero-order chi connectivity index (χ0) is 20.8. The van der Waals surface area contributed by atoms with Crippen molar-refractivity contribution in [1.82, 2.24) is 9.80 Å². The highest BCUT2D eigenvalue weighted by Gasteiger charge is 2.27. The van der Waals surface area contributed by atoms with E-state index in [0.29, 0.717) is 32.1 Å². The van der Waals surface area contributed by atoms with Crippen LogP contribution in [-0.2, 0) is 10.5 Å². The number of nitrogens with zero attached hydrogens (tertiary/aromatic N) is 2. The second kappa shape index (κ2) is 9.97. The predicted molar refractivity (Wildman–Crippen MR) is 120 cm³/mol. The smallest absolute Gasteiger partial charge is 0.253 e. The standard InChI is InChI=1S/C24H30N2O2S/c1-18(2)21-9-11-22(12-10-21)24(28)26-15-13-25(14-16-26)23(27)19(3)29-17-20-7-5-4-6-8-20/h4-12,18-19H,13-17H2,1-3H3. The van der Waals surface area contributed by atoms with Crippen molar-refractivity contribution < 1.29 is 9.59 Å². The molecule has 0 bridgehead atoms. The maximum absolute atomic E-state index is 12.8. The summed E-state index contributed by atoms with van der Waals surface area (Å²) in [5, 5.41) is -0.0824. The molecule has 2 aromatic rings. The number of benzene rings is 2. The molecule has 0 radical (unpaired) electrons. The number of hydrogen-bond donors (Lipinski definition) is 0. The van der Waals surface area contributed by atoms with Crippen molar-refractivity contribution in [1.29, 1.82) is 0 Å². The maximum atomic E-state index is 12.8. The maximum Gasteiger partial charge on any atom is 0.253 e. The molecule has 3 rings (SSSR count). The first kappa shape index (κ1) is 21.4. The summed E-state index contributed by atoms with van der Waals surface area (Å²) in [5.74, 6) is 1.51. The molecule has 5 heteroatoms. The van der Waals surface area contributed by atoms with Gasteiger partial charge in [0.2, 0.25) is 5.91 Å². The number of amides is 2. The van der Waals surface area contributed by atoms with Crippen LogP contribution in [0.5, 0.6) is 0 Å². The van der Waals surface area contributed by atoms with Crippen molar-refractivity contribution in [3.63, 3.8) is 0 Å². The molecule has 0 aromatic heterocycles. The molecular formula is C24H30N2O2S. The Morgan fingerprint density at radius 2 is 1.45 bits per heavy atom. The fraction of sp³-hybridized carbons (Fsp3) is 0.417. The van der Waals surface area contributed by atoms with Gasteiger partial charge in [0.25, 0.3) is 5.91 Å². The molecule has 154 valence electrons. The van der Waals surface area contributed by atoms with Crippen molar-refractivity contribution in [3.8, 4) is 0 Å². The molecule has 1 heterocycles. The van der Waals surface area contributed by atoms with Gasteiger partial charge in [0.15, 0.2) is 0 Å². The van der Waals surface area contributed by atoms with Crippen molar-refractivity contribution >= 4 is 23.6 Å². The number of carbonyl (C=O) groups is 2. The Labute approximate surface area is 178 Å². The van der Waals surface area contributed by atoms with E-state index in [1.54, 1.807) is 11.8 Å². The molecule has 0 N–H and O–H groups in total. The molecule has 29 heavy (non-hydrogen) atoms. The highest BCUT2D eigenvalue weighted by molar-refractivity contribution is 7.99. The van der Waals surface area contributed by atoms with E-state index in [2.05, 4.69) is 26.0 Å². The number of carbonyl (C=O) groups excluding carboxylic acids is 2. The number of thioether (sulfide) groups is 1. The van der Waals surface area contributed by atoms with Gasteiger partial charge in [-0.25, -0.2) is 0 Å². The van der Waals surface area contributed by atoms with E-state index >= 15 is 0 Å². The minimum Gasteiger partial charge on any atom is -0.338 e.